The fourth-order valence-electron chi connectivity index (χ4n) is 2.93. The highest BCUT2D eigenvalue weighted by Crippen LogP contribution is 2.25. The monoisotopic (exact) mass is 352 g/mol. The maximum absolute atomic E-state index is 12.5. The molecule has 2 heterocycles. The summed E-state index contributed by atoms with van der Waals surface area (Å²) in [5, 5.41) is 11.9. The second-order valence-corrected chi connectivity index (χ2v) is 6.35. The SMILES string of the molecule is CC(NC(=O)c1cc(C(=O)O)ccn1)c1nc2ccccc2n1C(C)C. The van der Waals surface area contributed by atoms with Gasteiger partial charge in [-0.25, -0.2) is 9.78 Å². The van der Waals surface area contributed by atoms with Crippen LogP contribution in [-0.2, 0) is 0 Å². The second kappa shape index (κ2) is 6.95. The standard InChI is InChI=1S/C19H20N4O3/c1-11(2)23-16-7-5-4-6-14(16)22-17(23)12(3)21-18(24)15-10-13(19(25)26)8-9-20-15/h4-12H,1-3H3,(H,21,24)(H,25,26). The predicted octanol–water partition coefficient (Wildman–Crippen LogP) is 3.20. The number of benzene rings is 1. The smallest absolute Gasteiger partial charge is 0.335 e. The third-order valence-electron chi connectivity index (χ3n) is 4.11. The van der Waals surface area contributed by atoms with Crippen LogP contribution in [0.25, 0.3) is 11.0 Å². The van der Waals surface area contributed by atoms with Gasteiger partial charge in [0.2, 0.25) is 0 Å². The Hall–Kier alpha value is -3.22. The highest BCUT2D eigenvalue weighted by atomic mass is 16.4. The Morgan fingerprint density at radius 2 is 1.88 bits per heavy atom. The Labute approximate surface area is 150 Å². The zero-order chi connectivity index (χ0) is 18.8. The van der Waals surface area contributed by atoms with Crippen molar-refractivity contribution in [1.29, 1.82) is 0 Å². The van der Waals surface area contributed by atoms with Crippen LogP contribution in [0.3, 0.4) is 0 Å². The first-order valence-electron chi connectivity index (χ1n) is 8.35. The summed E-state index contributed by atoms with van der Waals surface area (Å²) >= 11 is 0. The summed E-state index contributed by atoms with van der Waals surface area (Å²) in [6.07, 6.45) is 1.31. The van der Waals surface area contributed by atoms with Crippen LogP contribution < -0.4 is 5.32 Å². The van der Waals surface area contributed by atoms with Gasteiger partial charge in [-0.15, -0.1) is 0 Å². The number of hydrogen-bond donors (Lipinski definition) is 2. The van der Waals surface area contributed by atoms with E-state index in [-0.39, 0.29) is 23.3 Å². The molecule has 2 N–H and O–H groups in total. The first-order chi connectivity index (χ1) is 12.4. The zero-order valence-corrected chi connectivity index (χ0v) is 14.8. The molecule has 0 radical (unpaired) electrons. The van der Waals surface area contributed by atoms with Crippen molar-refractivity contribution < 1.29 is 14.7 Å². The Morgan fingerprint density at radius 1 is 1.15 bits per heavy atom. The molecule has 1 aromatic carbocycles. The molecule has 0 saturated heterocycles. The molecule has 0 bridgehead atoms. The summed E-state index contributed by atoms with van der Waals surface area (Å²) in [4.78, 5) is 32.2. The summed E-state index contributed by atoms with van der Waals surface area (Å²) in [6.45, 7) is 5.97. The number of amides is 1. The highest BCUT2D eigenvalue weighted by molar-refractivity contribution is 5.96. The zero-order valence-electron chi connectivity index (χ0n) is 14.8. The lowest BCUT2D eigenvalue weighted by Crippen LogP contribution is -2.29. The number of carbonyl (C=O) groups is 2. The lowest BCUT2D eigenvalue weighted by atomic mass is 10.2. The van der Waals surface area contributed by atoms with Crippen LogP contribution in [0.1, 0.15) is 59.5 Å². The average molecular weight is 352 g/mol. The molecule has 7 nitrogen and oxygen atoms in total. The maximum Gasteiger partial charge on any atom is 0.335 e. The van der Waals surface area contributed by atoms with E-state index in [0.29, 0.717) is 0 Å². The van der Waals surface area contributed by atoms with E-state index in [2.05, 4.69) is 33.7 Å². The van der Waals surface area contributed by atoms with Crippen molar-refractivity contribution in [2.45, 2.75) is 32.9 Å². The Kier molecular flexibility index (Phi) is 4.71. The molecule has 0 aliphatic rings. The second-order valence-electron chi connectivity index (χ2n) is 6.35. The van der Waals surface area contributed by atoms with Gasteiger partial charge < -0.3 is 15.0 Å². The number of rotatable bonds is 5. The molecule has 3 rings (SSSR count). The predicted molar refractivity (Wildman–Crippen MR) is 97.2 cm³/mol. The topological polar surface area (TPSA) is 97.1 Å². The summed E-state index contributed by atoms with van der Waals surface area (Å²) in [6, 6.07) is 10.2. The van der Waals surface area contributed by atoms with Gasteiger partial charge in [0, 0.05) is 12.2 Å². The van der Waals surface area contributed by atoms with Crippen LogP contribution in [-0.4, -0.2) is 31.5 Å². The third kappa shape index (κ3) is 3.28. The van der Waals surface area contributed by atoms with E-state index >= 15 is 0 Å². The number of aromatic nitrogens is 3. The first kappa shape index (κ1) is 17.6. The molecular weight excluding hydrogens is 332 g/mol. The highest BCUT2D eigenvalue weighted by Gasteiger charge is 2.21. The lowest BCUT2D eigenvalue weighted by Gasteiger charge is -2.18. The largest absolute Gasteiger partial charge is 0.478 e. The van der Waals surface area contributed by atoms with E-state index < -0.39 is 11.9 Å². The number of hydrogen-bond acceptors (Lipinski definition) is 4. The van der Waals surface area contributed by atoms with Gasteiger partial charge in [-0.2, -0.15) is 0 Å². The number of pyridine rings is 1. The quantitative estimate of drug-likeness (QED) is 0.735. The molecule has 0 aliphatic heterocycles. The molecule has 1 atom stereocenters. The van der Waals surface area contributed by atoms with Crippen molar-refractivity contribution in [3.05, 3.63) is 59.7 Å². The molecule has 0 aliphatic carbocycles. The van der Waals surface area contributed by atoms with Crippen LogP contribution in [0, 0.1) is 0 Å². The minimum atomic E-state index is -1.10. The number of carbonyl (C=O) groups excluding carboxylic acids is 1. The van der Waals surface area contributed by atoms with E-state index in [1.165, 1.54) is 18.3 Å². The molecule has 7 heteroatoms. The number of nitrogens with one attached hydrogen (secondary N) is 1. The van der Waals surface area contributed by atoms with Crippen LogP contribution >= 0.6 is 0 Å². The van der Waals surface area contributed by atoms with Gasteiger partial charge in [-0.1, -0.05) is 12.1 Å². The Bertz CT molecular complexity index is 978. The van der Waals surface area contributed by atoms with Gasteiger partial charge in [0.25, 0.3) is 5.91 Å². The summed E-state index contributed by atoms with van der Waals surface area (Å²) < 4.78 is 2.08. The van der Waals surface area contributed by atoms with Crippen molar-refractivity contribution >= 4 is 22.9 Å². The van der Waals surface area contributed by atoms with Gasteiger partial charge in [0.05, 0.1) is 22.6 Å². The maximum atomic E-state index is 12.5. The average Bonchev–Trinajstić information content (AvgIpc) is 3.01. The molecule has 0 saturated carbocycles. The fourth-order valence-corrected chi connectivity index (χ4v) is 2.93. The van der Waals surface area contributed by atoms with Crippen LogP contribution in [0.5, 0.6) is 0 Å². The van der Waals surface area contributed by atoms with E-state index in [9.17, 15) is 9.59 Å². The minimum absolute atomic E-state index is 0.0206. The van der Waals surface area contributed by atoms with Gasteiger partial charge in [-0.3, -0.25) is 9.78 Å². The van der Waals surface area contributed by atoms with Crippen LogP contribution in [0.2, 0.25) is 0 Å². The Balaban J connectivity index is 1.90. The molecule has 134 valence electrons. The summed E-state index contributed by atoms with van der Waals surface area (Å²) in [7, 11) is 0. The number of para-hydroxylation sites is 2. The van der Waals surface area contributed by atoms with E-state index in [0.717, 1.165) is 16.9 Å². The number of carboxylic acid groups (broad SMARTS) is 1. The normalized spacial score (nSPS) is 12.3. The molecule has 26 heavy (non-hydrogen) atoms. The van der Waals surface area contributed by atoms with E-state index in [1.807, 2.05) is 31.2 Å². The summed E-state index contributed by atoms with van der Waals surface area (Å²) in [5.74, 6) is -0.803. The van der Waals surface area contributed by atoms with Crippen molar-refractivity contribution in [3.8, 4) is 0 Å². The molecule has 0 spiro atoms. The molecule has 0 fully saturated rings. The molecule has 1 unspecified atom stereocenters. The third-order valence-corrected chi connectivity index (χ3v) is 4.11. The molecule has 1 amide bonds. The molecule has 3 aromatic rings. The number of fused-ring (bicyclic) bond motifs is 1. The van der Waals surface area contributed by atoms with Crippen molar-refractivity contribution in [2.75, 3.05) is 0 Å². The van der Waals surface area contributed by atoms with Gasteiger partial charge in [-0.05, 0) is 45.0 Å². The number of aromatic carboxylic acids is 1. The number of imidazole rings is 1. The van der Waals surface area contributed by atoms with Crippen LogP contribution in [0.4, 0.5) is 0 Å². The van der Waals surface area contributed by atoms with Gasteiger partial charge in [0.15, 0.2) is 0 Å². The van der Waals surface area contributed by atoms with Crippen molar-refractivity contribution in [1.82, 2.24) is 19.9 Å². The van der Waals surface area contributed by atoms with E-state index in [1.54, 1.807) is 0 Å². The van der Waals surface area contributed by atoms with E-state index in [4.69, 9.17) is 5.11 Å². The van der Waals surface area contributed by atoms with Gasteiger partial charge in [0.1, 0.15) is 11.5 Å². The summed E-state index contributed by atoms with van der Waals surface area (Å²) in [5.41, 5.74) is 1.95. The number of carboxylic acids is 1. The molecule has 2 aromatic heterocycles. The fraction of sp³-hybridized carbons (Fsp3) is 0.263. The Morgan fingerprint density at radius 3 is 2.58 bits per heavy atom. The molecular formula is C19H20N4O3. The van der Waals surface area contributed by atoms with Gasteiger partial charge >= 0.3 is 5.97 Å². The number of nitrogens with zero attached hydrogens (tertiary/aromatic N) is 3. The van der Waals surface area contributed by atoms with Crippen LogP contribution in [0.15, 0.2) is 42.6 Å². The first-order valence-corrected chi connectivity index (χ1v) is 8.35. The van der Waals surface area contributed by atoms with Crippen molar-refractivity contribution in [3.63, 3.8) is 0 Å². The van der Waals surface area contributed by atoms with Crippen molar-refractivity contribution in [2.24, 2.45) is 0 Å². The lowest BCUT2D eigenvalue weighted by molar-refractivity contribution is 0.0696. The minimum Gasteiger partial charge on any atom is -0.478 e.